The van der Waals surface area contributed by atoms with Gasteiger partial charge in [0, 0.05) is 64.4 Å². The van der Waals surface area contributed by atoms with Crippen LogP contribution < -0.4 is 20.9 Å². The summed E-state index contributed by atoms with van der Waals surface area (Å²) < 4.78 is 0. The van der Waals surface area contributed by atoms with E-state index in [4.69, 9.17) is 0 Å². The van der Waals surface area contributed by atoms with Crippen LogP contribution in [0.15, 0.2) is 85.2 Å². The van der Waals surface area contributed by atoms with Crippen molar-refractivity contribution >= 4 is 57.2 Å². The van der Waals surface area contributed by atoms with Crippen molar-refractivity contribution in [1.82, 2.24) is 19.9 Å². The van der Waals surface area contributed by atoms with Gasteiger partial charge in [0.25, 0.3) is 0 Å². The lowest BCUT2D eigenvalue weighted by Crippen LogP contribution is -2.31. The summed E-state index contributed by atoms with van der Waals surface area (Å²) in [6.45, 7) is 6.22. The molecule has 6 aromatic rings. The predicted molar refractivity (Wildman–Crippen MR) is 194 cm³/mol. The number of ketones is 1. The Bertz CT molecular complexity index is 2210. The van der Waals surface area contributed by atoms with Crippen molar-refractivity contribution in [2.75, 3.05) is 47.2 Å². The fraction of sp³-hybridized carbons (Fsp3) is 0.184. The molecule has 0 saturated carbocycles. The topological polar surface area (TPSA) is 148 Å². The summed E-state index contributed by atoms with van der Waals surface area (Å²) in [6, 6.07) is 23.5. The van der Waals surface area contributed by atoms with Gasteiger partial charge in [-0.3, -0.25) is 9.78 Å². The van der Waals surface area contributed by atoms with Crippen LogP contribution in [0.4, 0.5) is 40.6 Å². The number of aliphatic hydroxyl groups is 2. The van der Waals surface area contributed by atoms with Gasteiger partial charge in [-0.05, 0) is 67.3 Å². The van der Waals surface area contributed by atoms with Crippen LogP contribution in [0.25, 0.3) is 21.9 Å². The largest absolute Gasteiger partial charge is 0.395 e. The fourth-order valence-electron chi connectivity index (χ4n) is 6.16. The molecule has 0 unspecified atom stereocenters. The quantitative estimate of drug-likeness (QED) is 0.103. The van der Waals surface area contributed by atoms with Crippen molar-refractivity contribution in [2.24, 2.45) is 0 Å². The van der Waals surface area contributed by atoms with Crippen LogP contribution in [-0.2, 0) is 0 Å². The smallest absolute Gasteiger partial charge is 0.233 e. The molecule has 1 aliphatic rings. The van der Waals surface area contributed by atoms with Gasteiger partial charge < -0.3 is 31.1 Å². The molecule has 2 aromatic heterocycles. The van der Waals surface area contributed by atoms with Crippen LogP contribution in [0, 0.1) is 20.8 Å². The minimum Gasteiger partial charge on any atom is -0.395 e. The van der Waals surface area contributed by atoms with Gasteiger partial charge in [-0.1, -0.05) is 48.5 Å². The molecule has 49 heavy (non-hydrogen) atoms. The van der Waals surface area contributed by atoms with Crippen molar-refractivity contribution in [3.8, 4) is 11.1 Å². The normalized spacial score (nSPS) is 11.7. The highest BCUT2D eigenvalue weighted by molar-refractivity contribution is 6.27. The molecule has 246 valence electrons. The monoisotopic (exact) mass is 652 g/mol. The summed E-state index contributed by atoms with van der Waals surface area (Å²) in [5, 5.41) is 31.4. The first-order valence-electron chi connectivity index (χ1n) is 16.1. The summed E-state index contributed by atoms with van der Waals surface area (Å²) in [5.41, 5.74) is 9.18. The van der Waals surface area contributed by atoms with Crippen LogP contribution in [-0.4, -0.2) is 62.2 Å². The summed E-state index contributed by atoms with van der Waals surface area (Å²) in [4.78, 5) is 34.0. The maximum atomic E-state index is 13.9. The highest BCUT2D eigenvalue weighted by Crippen LogP contribution is 2.42. The number of aliphatic hydroxyl groups excluding tert-OH is 2. The Morgan fingerprint density at radius 1 is 0.673 bits per heavy atom. The number of hydrogen-bond acceptors (Lipinski definition) is 11. The van der Waals surface area contributed by atoms with Crippen LogP contribution in [0.2, 0.25) is 0 Å². The predicted octanol–water partition coefficient (Wildman–Crippen LogP) is 6.58. The van der Waals surface area contributed by atoms with Crippen LogP contribution in [0.1, 0.15) is 32.6 Å². The lowest BCUT2D eigenvalue weighted by molar-refractivity contribution is 0.104. The molecule has 1 aliphatic carbocycles. The van der Waals surface area contributed by atoms with Crippen LogP contribution >= 0.6 is 0 Å². The number of carbonyl (C=O) groups is 1. The summed E-state index contributed by atoms with van der Waals surface area (Å²) >= 11 is 0. The number of nitrogens with zero attached hydrogens (tertiary/aromatic N) is 5. The molecule has 0 fully saturated rings. The Hall–Kier alpha value is -5.91. The van der Waals surface area contributed by atoms with E-state index in [0.717, 1.165) is 50.0 Å². The zero-order valence-electron chi connectivity index (χ0n) is 27.5. The third-order valence-corrected chi connectivity index (χ3v) is 8.66. The SMILES string of the molecule is Cc1ccc(C)c(Nc2nc(Nc3ccc(C)c(Nc4cccc5c4C(=O)c4cccc6cncc-5c46)c3)nc(N(CCO)CCO)n2)c1. The van der Waals surface area contributed by atoms with Crippen LogP contribution in [0.3, 0.4) is 0 Å². The first-order chi connectivity index (χ1) is 23.8. The first-order valence-corrected chi connectivity index (χ1v) is 16.1. The number of hydrogen-bond donors (Lipinski definition) is 5. The van der Waals surface area contributed by atoms with Crippen molar-refractivity contribution in [3.05, 3.63) is 113 Å². The van der Waals surface area contributed by atoms with E-state index in [-0.39, 0.29) is 38.0 Å². The zero-order valence-corrected chi connectivity index (χ0v) is 27.5. The molecule has 0 saturated heterocycles. The maximum absolute atomic E-state index is 13.9. The van der Waals surface area contributed by atoms with Crippen molar-refractivity contribution in [1.29, 1.82) is 0 Å². The summed E-state index contributed by atoms with van der Waals surface area (Å²) in [6.07, 6.45) is 3.62. The Morgan fingerprint density at radius 3 is 2.14 bits per heavy atom. The van der Waals surface area contributed by atoms with Gasteiger partial charge in [-0.25, -0.2) is 0 Å². The average molecular weight is 653 g/mol. The fourth-order valence-corrected chi connectivity index (χ4v) is 6.16. The van der Waals surface area contributed by atoms with Crippen molar-refractivity contribution in [2.45, 2.75) is 20.8 Å². The number of aromatic nitrogens is 4. The number of rotatable bonds is 11. The first kappa shape index (κ1) is 31.7. The van der Waals surface area contributed by atoms with Crippen molar-refractivity contribution in [3.63, 3.8) is 0 Å². The molecule has 0 radical (unpaired) electrons. The molecule has 5 N–H and O–H groups in total. The molecule has 11 heteroatoms. The van der Waals surface area contributed by atoms with E-state index in [1.54, 1.807) is 11.1 Å². The van der Waals surface area contributed by atoms with E-state index in [2.05, 4.69) is 35.9 Å². The Morgan fingerprint density at radius 2 is 1.37 bits per heavy atom. The average Bonchev–Trinajstić information content (AvgIpc) is 3.10. The van der Waals surface area contributed by atoms with E-state index in [0.29, 0.717) is 34.4 Å². The van der Waals surface area contributed by atoms with Gasteiger partial charge in [0.15, 0.2) is 5.78 Å². The van der Waals surface area contributed by atoms with Crippen LogP contribution in [0.5, 0.6) is 0 Å². The van der Waals surface area contributed by atoms with E-state index in [1.165, 1.54) is 0 Å². The minimum absolute atomic E-state index is 0.0359. The number of benzene rings is 4. The highest BCUT2D eigenvalue weighted by atomic mass is 16.3. The number of nitrogens with one attached hydrogen (secondary N) is 3. The second-order valence-electron chi connectivity index (χ2n) is 12.1. The number of aryl methyl sites for hydroxylation is 3. The number of fused-ring (bicyclic) bond motifs is 2. The van der Waals surface area contributed by atoms with Gasteiger partial charge in [-0.15, -0.1) is 0 Å². The Labute approximate surface area is 283 Å². The molecule has 0 amide bonds. The molecule has 7 rings (SSSR count). The lowest BCUT2D eigenvalue weighted by Gasteiger charge is -2.23. The van der Waals surface area contributed by atoms with Gasteiger partial charge in [0.1, 0.15) is 0 Å². The molecular formula is C38H36N8O3. The van der Waals surface area contributed by atoms with Crippen molar-refractivity contribution < 1.29 is 15.0 Å². The lowest BCUT2D eigenvalue weighted by atomic mass is 9.83. The van der Waals surface area contributed by atoms with Gasteiger partial charge in [0.05, 0.1) is 24.5 Å². The second-order valence-corrected chi connectivity index (χ2v) is 12.1. The molecule has 2 heterocycles. The zero-order chi connectivity index (χ0) is 34.1. The third-order valence-electron chi connectivity index (χ3n) is 8.66. The Balaban J connectivity index is 1.23. The Kier molecular flexibility index (Phi) is 8.60. The van der Waals surface area contributed by atoms with E-state index < -0.39 is 0 Å². The van der Waals surface area contributed by atoms with Gasteiger partial charge in [-0.2, -0.15) is 15.0 Å². The molecule has 11 nitrogen and oxygen atoms in total. The highest BCUT2D eigenvalue weighted by Gasteiger charge is 2.28. The molecule has 4 aromatic carbocycles. The summed E-state index contributed by atoms with van der Waals surface area (Å²) in [7, 11) is 0. The van der Waals surface area contributed by atoms with E-state index in [1.807, 2.05) is 99.8 Å². The van der Waals surface area contributed by atoms with E-state index >= 15 is 0 Å². The molecule has 0 bridgehead atoms. The van der Waals surface area contributed by atoms with Gasteiger partial charge in [0.2, 0.25) is 17.8 Å². The standard InChI is InChI=1S/C38H36N8O3/c1-22-10-11-23(2)31(18-22)42-37-43-36(44-38(45-37)46(14-16-47)15-17-48)40-26-13-12-24(3)32(19-26)41-30-9-5-7-27-29-21-39-20-25-6-4-8-28(33(25)29)35(49)34(27)30/h4-13,18-21,41,47-48H,14-17H2,1-3H3,(H2,40,42,43,44,45). The molecule has 0 aliphatic heterocycles. The third kappa shape index (κ3) is 6.24. The summed E-state index contributed by atoms with van der Waals surface area (Å²) in [5.74, 6) is 0.856. The number of anilines is 7. The molecule has 0 spiro atoms. The molecule has 0 atom stereocenters. The van der Waals surface area contributed by atoms with E-state index in [9.17, 15) is 15.0 Å². The molecular weight excluding hydrogens is 616 g/mol. The number of carbonyl (C=O) groups excluding carboxylic acids is 1. The number of pyridine rings is 1. The minimum atomic E-state index is -0.135. The second kappa shape index (κ2) is 13.3. The maximum Gasteiger partial charge on any atom is 0.233 e. The van der Waals surface area contributed by atoms with Gasteiger partial charge >= 0.3 is 0 Å².